The number of hydrogen-bond acceptors (Lipinski definition) is 3. The summed E-state index contributed by atoms with van der Waals surface area (Å²) in [5.74, 6) is -4.78. The molecule has 0 fully saturated rings. The van der Waals surface area contributed by atoms with Crippen LogP contribution >= 0.6 is 0 Å². The van der Waals surface area contributed by atoms with Crippen molar-refractivity contribution in [2.75, 3.05) is 6.26 Å². The molecule has 0 radical (unpaired) electrons. The van der Waals surface area contributed by atoms with Gasteiger partial charge in [0.25, 0.3) is 0 Å². The van der Waals surface area contributed by atoms with Crippen LogP contribution < -0.4 is 0 Å². The molecule has 1 atom stereocenters. The summed E-state index contributed by atoms with van der Waals surface area (Å²) in [6.07, 6.45) is -0.867. The summed E-state index contributed by atoms with van der Waals surface area (Å²) in [4.78, 5) is -1.32. The van der Waals surface area contributed by atoms with Gasteiger partial charge in [0.1, 0.15) is 10.7 Å². The fourth-order valence-electron chi connectivity index (χ4n) is 1.24. The molecule has 3 nitrogen and oxygen atoms in total. The Balaban J connectivity index is 3.66. The van der Waals surface area contributed by atoms with Gasteiger partial charge in [-0.15, -0.1) is 0 Å². The monoisotopic (exact) mass is 254 g/mol. The van der Waals surface area contributed by atoms with Gasteiger partial charge in [0.05, 0.1) is 6.10 Å². The van der Waals surface area contributed by atoms with Crippen molar-refractivity contribution in [2.24, 2.45) is 0 Å². The van der Waals surface area contributed by atoms with Gasteiger partial charge >= 0.3 is 0 Å². The second-order valence-corrected chi connectivity index (χ2v) is 5.31. The molecule has 0 amide bonds. The van der Waals surface area contributed by atoms with Gasteiger partial charge in [-0.05, 0) is 13.0 Å². The van der Waals surface area contributed by atoms with Crippen LogP contribution in [0.1, 0.15) is 18.6 Å². The first-order chi connectivity index (χ1) is 7.16. The van der Waals surface area contributed by atoms with E-state index < -0.39 is 43.9 Å². The molecule has 0 aliphatic heterocycles. The number of benzene rings is 1. The van der Waals surface area contributed by atoms with Crippen molar-refractivity contribution in [2.45, 2.75) is 17.9 Å². The summed E-state index contributed by atoms with van der Waals surface area (Å²) >= 11 is 0. The van der Waals surface area contributed by atoms with Crippen LogP contribution in [0.5, 0.6) is 0 Å². The van der Waals surface area contributed by atoms with Gasteiger partial charge in [0.15, 0.2) is 21.5 Å². The van der Waals surface area contributed by atoms with E-state index in [2.05, 4.69) is 0 Å². The van der Waals surface area contributed by atoms with Gasteiger partial charge in [-0.25, -0.2) is 21.6 Å². The highest BCUT2D eigenvalue weighted by atomic mass is 32.2. The van der Waals surface area contributed by atoms with E-state index in [-0.39, 0.29) is 0 Å². The molecule has 90 valence electrons. The van der Waals surface area contributed by atoms with Crippen molar-refractivity contribution in [1.29, 1.82) is 0 Å². The lowest BCUT2D eigenvalue weighted by Gasteiger charge is -2.10. The molecule has 16 heavy (non-hydrogen) atoms. The maximum Gasteiger partial charge on any atom is 0.181 e. The van der Waals surface area contributed by atoms with Crippen molar-refractivity contribution in [3.05, 3.63) is 29.1 Å². The SMILES string of the molecule is CC(O)c1cc(F)c(S(C)(=O)=O)c(F)c1F. The molecule has 1 N–H and O–H groups in total. The zero-order valence-electron chi connectivity index (χ0n) is 8.46. The lowest BCUT2D eigenvalue weighted by atomic mass is 10.1. The first-order valence-electron chi connectivity index (χ1n) is 4.21. The van der Waals surface area contributed by atoms with E-state index >= 15 is 0 Å². The molecule has 1 aromatic carbocycles. The topological polar surface area (TPSA) is 54.4 Å². The molecule has 0 spiro atoms. The average Bonchev–Trinajstić information content (AvgIpc) is 2.08. The maximum absolute atomic E-state index is 13.3. The van der Waals surface area contributed by atoms with Gasteiger partial charge in [0.2, 0.25) is 0 Å². The minimum Gasteiger partial charge on any atom is -0.389 e. The first-order valence-corrected chi connectivity index (χ1v) is 6.11. The predicted molar refractivity (Wildman–Crippen MR) is 50.1 cm³/mol. The molecular formula is C9H9F3O3S. The van der Waals surface area contributed by atoms with E-state index in [1.54, 1.807) is 0 Å². The standard InChI is InChI=1S/C9H9F3O3S/c1-4(13)5-3-6(10)9(16(2,14)15)8(12)7(5)11/h3-4,13H,1-2H3. The lowest BCUT2D eigenvalue weighted by molar-refractivity contribution is 0.191. The van der Waals surface area contributed by atoms with E-state index in [1.165, 1.54) is 0 Å². The van der Waals surface area contributed by atoms with Gasteiger partial charge in [-0.1, -0.05) is 0 Å². The average molecular weight is 254 g/mol. The molecule has 1 rings (SSSR count). The van der Waals surface area contributed by atoms with Crippen molar-refractivity contribution in [1.82, 2.24) is 0 Å². The summed E-state index contributed by atoms with van der Waals surface area (Å²) < 4.78 is 61.8. The Morgan fingerprint density at radius 1 is 1.25 bits per heavy atom. The van der Waals surface area contributed by atoms with Crippen LogP contribution in [0, 0.1) is 17.5 Å². The molecular weight excluding hydrogens is 245 g/mol. The smallest absolute Gasteiger partial charge is 0.181 e. The largest absolute Gasteiger partial charge is 0.389 e. The summed E-state index contributed by atoms with van der Waals surface area (Å²) in [6.45, 7) is 1.11. The highest BCUT2D eigenvalue weighted by molar-refractivity contribution is 7.90. The minimum absolute atomic E-state index is 0.472. The Kier molecular flexibility index (Phi) is 3.30. The number of rotatable bonds is 2. The van der Waals surface area contributed by atoms with E-state index in [0.29, 0.717) is 12.3 Å². The normalized spacial score (nSPS) is 13.9. The Labute approximate surface area is 90.4 Å². The van der Waals surface area contributed by atoms with Gasteiger partial charge < -0.3 is 5.11 Å². The molecule has 1 unspecified atom stereocenters. The molecule has 0 bridgehead atoms. The zero-order valence-corrected chi connectivity index (χ0v) is 9.28. The summed E-state index contributed by atoms with van der Waals surface area (Å²) in [5.41, 5.74) is -0.623. The third kappa shape index (κ3) is 2.19. The number of hydrogen-bond donors (Lipinski definition) is 1. The number of aliphatic hydroxyl groups excluding tert-OH is 1. The number of sulfone groups is 1. The van der Waals surface area contributed by atoms with Crippen molar-refractivity contribution >= 4 is 9.84 Å². The molecule has 0 aromatic heterocycles. The molecule has 0 saturated heterocycles. The Hall–Kier alpha value is -1.08. The van der Waals surface area contributed by atoms with Crippen LogP contribution in [0.25, 0.3) is 0 Å². The minimum atomic E-state index is -4.20. The van der Waals surface area contributed by atoms with Gasteiger partial charge in [-0.2, -0.15) is 0 Å². The van der Waals surface area contributed by atoms with Crippen LogP contribution in [0.4, 0.5) is 13.2 Å². The summed E-state index contributed by atoms with van der Waals surface area (Å²) in [6, 6.07) is 0.472. The van der Waals surface area contributed by atoms with Crippen LogP contribution in [-0.2, 0) is 9.84 Å². The molecule has 0 saturated carbocycles. The summed E-state index contributed by atoms with van der Waals surface area (Å²) in [5, 5.41) is 9.02. The fraction of sp³-hybridized carbons (Fsp3) is 0.333. The van der Waals surface area contributed by atoms with E-state index in [0.717, 1.165) is 6.92 Å². The van der Waals surface area contributed by atoms with Crippen LogP contribution in [0.15, 0.2) is 11.0 Å². The third-order valence-corrected chi connectivity index (χ3v) is 3.08. The fourth-order valence-corrected chi connectivity index (χ4v) is 2.07. The molecule has 1 aromatic rings. The van der Waals surface area contributed by atoms with E-state index in [9.17, 15) is 21.6 Å². The van der Waals surface area contributed by atoms with Crippen LogP contribution in [-0.4, -0.2) is 19.8 Å². The van der Waals surface area contributed by atoms with E-state index in [4.69, 9.17) is 5.11 Å². The predicted octanol–water partition coefficient (Wildman–Crippen LogP) is 1.56. The van der Waals surface area contributed by atoms with Crippen molar-refractivity contribution < 1.29 is 26.7 Å². The van der Waals surface area contributed by atoms with Crippen LogP contribution in [0.3, 0.4) is 0 Å². The number of halogens is 3. The van der Waals surface area contributed by atoms with Gasteiger partial charge in [0, 0.05) is 11.8 Å². The number of aliphatic hydroxyl groups is 1. The third-order valence-electron chi connectivity index (χ3n) is 1.97. The second-order valence-electron chi connectivity index (χ2n) is 3.35. The second kappa shape index (κ2) is 4.06. The highest BCUT2D eigenvalue weighted by Crippen LogP contribution is 2.27. The molecule has 7 heteroatoms. The van der Waals surface area contributed by atoms with E-state index in [1.807, 2.05) is 0 Å². The zero-order chi connectivity index (χ0) is 12.7. The molecule has 0 heterocycles. The Bertz CT molecular complexity index is 523. The lowest BCUT2D eigenvalue weighted by Crippen LogP contribution is -2.10. The summed E-state index contributed by atoms with van der Waals surface area (Å²) in [7, 11) is -4.20. The first kappa shape index (κ1) is 13.0. The Morgan fingerprint density at radius 2 is 1.75 bits per heavy atom. The Morgan fingerprint density at radius 3 is 2.12 bits per heavy atom. The van der Waals surface area contributed by atoms with Gasteiger partial charge in [-0.3, -0.25) is 0 Å². The molecule has 0 aliphatic carbocycles. The van der Waals surface area contributed by atoms with Crippen molar-refractivity contribution in [3.8, 4) is 0 Å². The molecule has 0 aliphatic rings. The quantitative estimate of drug-likeness (QED) is 0.815. The van der Waals surface area contributed by atoms with Crippen LogP contribution in [0.2, 0.25) is 0 Å². The maximum atomic E-state index is 13.3. The van der Waals surface area contributed by atoms with Crippen molar-refractivity contribution in [3.63, 3.8) is 0 Å². The highest BCUT2D eigenvalue weighted by Gasteiger charge is 2.26.